The van der Waals surface area contributed by atoms with Crippen molar-refractivity contribution in [3.63, 3.8) is 0 Å². The Labute approximate surface area is 212 Å². The van der Waals surface area contributed by atoms with E-state index in [1.165, 1.54) is 30.7 Å². The number of nitrogens with zero attached hydrogens (tertiary/aromatic N) is 4. The Bertz CT molecular complexity index is 1410. The van der Waals surface area contributed by atoms with Crippen molar-refractivity contribution in [3.05, 3.63) is 84.1 Å². The van der Waals surface area contributed by atoms with Gasteiger partial charge in [0.2, 0.25) is 0 Å². The van der Waals surface area contributed by atoms with Gasteiger partial charge in [-0.2, -0.15) is 5.10 Å². The van der Waals surface area contributed by atoms with Gasteiger partial charge in [0.05, 0.1) is 11.9 Å². The molecule has 1 aliphatic rings. The first-order valence-corrected chi connectivity index (χ1v) is 11.8. The molecule has 10 nitrogen and oxygen atoms in total. The maximum atomic E-state index is 13.7. The molecule has 1 fully saturated rings. The van der Waals surface area contributed by atoms with E-state index in [-0.39, 0.29) is 29.1 Å². The van der Waals surface area contributed by atoms with Gasteiger partial charge in [-0.05, 0) is 42.7 Å². The van der Waals surface area contributed by atoms with Crippen LogP contribution in [0.1, 0.15) is 34.7 Å². The first kappa shape index (κ1) is 23.9. The summed E-state index contributed by atoms with van der Waals surface area (Å²) in [5, 5.41) is 12.9. The monoisotopic (exact) mass is 500 g/mol. The van der Waals surface area contributed by atoms with E-state index >= 15 is 0 Å². The first-order valence-electron chi connectivity index (χ1n) is 11.8. The topological polar surface area (TPSA) is 142 Å². The Kier molecular flexibility index (Phi) is 6.75. The zero-order valence-electron chi connectivity index (χ0n) is 19.8. The molecule has 1 atom stereocenters. The number of rotatable bonds is 6. The summed E-state index contributed by atoms with van der Waals surface area (Å²) in [5.41, 5.74) is 8.41. The van der Waals surface area contributed by atoms with Crippen LogP contribution in [-0.4, -0.2) is 50.1 Å². The second-order valence-corrected chi connectivity index (χ2v) is 8.75. The van der Waals surface area contributed by atoms with E-state index in [0.29, 0.717) is 35.9 Å². The quantitative estimate of drug-likeness (QED) is 0.312. The number of H-pyrrole nitrogens is 1. The van der Waals surface area contributed by atoms with Gasteiger partial charge in [-0.3, -0.25) is 14.9 Å². The lowest BCUT2D eigenvalue weighted by molar-refractivity contribution is 0.100. The SMILES string of the molecule is NC(=O)c1c(Nc2cnccn2)n[nH]c1-c1ccc(NC(=O)N2CCCC(c3cccc(F)c3)C2)cc1. The summed E-state index contributed by atoms with van der Waals surface area (Å²) >= 11 is 0. The number of carbonyl (C=O) groups excluding carboxylic acids is 2. The molecule has 1 unspecified atom stereocenters. The average Bonchev–Trinajstić information content (AvgIpc) is 3.33. The van der Waals surface area contributed by atoms with E-state index in [0.717, 1.165) is 18.4 Å². The van der Waals surface area contributed by atoms with Gasteiger partial charge in [-0.1, -0.05) is 24.3 Å². The predicted octanol–water partition coefficient (Wildman–Crippen LogP) is 4.26. The Morgan fingerprint density at radius 1 is 1.14 bits per heavy atom. The van der Waals surface area contributed by atoms with Crippen LogP contribution in [0.2, 0.25) is 0 Å². The maximum Gasteiger partial charge on any atom is 0.321 e. The van der Waals surface area contributed by atoms with Gasteiger partial charge in [0, 0.05) is 42.7 Å². The number of aromatic amines is 1. The molecule has 5 N–H and O–H groups in total. The van der Waals surface area contributed by atoms with Gasteiger partial charge in [0.15, 0.2) is 5.82 Å². The van der Waals surface area contributed by atoms with Gasteiger partial charge < -0.3 is 21.3 Å². The third-order valence-corrected chi connectivity index (χ3v) is 6.28. The molecule has 1 saturated heterocycles. The second kappa shape index (κ2) is 10.4. The lowest BCUT2D eigenvalue weighted by Gasteiger charge is -2.33. The summed E-state index contributed by atoms with van der Waals surface area (Å²) in [6.45, 7) is 1.15. The second-order valence-electron chi connectivity index (χ2n) is 8.75. The number of amides is 3. The molecule has 1 aliphatic heterocycles. The zero-order chi connectivity index (χ0) is 25.8. The number of benzene rings is 2. The first-order chi connectivity index (χ1) is 18.0. The van der Waals surface area contributed by atoms with Crippen molar-refractivity contribution in [2.45, 2.75) is 18.8 Å². The van der Waals surface area contributed by atoms with Crippen molar-refractivity contribution in [3.8, 4) is 11.3 Å². The smallest absolute Gasteiger partial charge is 0.321 e. The summed E-state index contributed by atoms with van der Waals surface area (Å²) in [6, 6.07) is 13.3. The number of primary amides is 1. The fraction of sp³-hybridized carbons (Fsp3) is 0.192. The van der Waals surface area contributed by atoms with Crippen LogP contribution in [0.3, 0.4) is 0 Å². The van der Waals surface area contributed by atoms with Crippen LogP contribution in [0.25, 0.3) is 11.3 Å². The highest BCUT2D eigenvalue weighted by Crippen LogP contribution is 2.30. The standard InChI is InChI=1S/C26H25FN8O2/c27-19-5-1-3-17(13-19)18-4-2-12-35(15-18)26(37)31-20-8-6-16(7-9-20)23-22(24(28)36)25(34-33-23)32-21-14-29-10-11-30-21/h1,3,5-11,13-14,18H,2,4,12,15H2,(H2,28,36)(H,31,37)(H2,30,32,33,34). The molecule has 11 heteroatoms. The molecule has 0 aliphatic carbocycles. The highest BCUT2D eigenvalue weighted by atomic mass is 19.1. The van der Waals surface area contributed by atoms with Gasteiger partial charge in [0.25, 0.3) is 5.91 Å². The molecule has 3 heterocycles. The van der Waals surface area contributed by atoms with Crippen molar-refractivity contribution >= 4 is 29.3 Å². The van der Waals surface area contributed by atoms with Crippen molar-refractivity contribution < 1.29 is 14.0 Å². The number of nitrogens with one attached hydrogen (secondary N) is 3. The van der Waals surface area contributed by atoms with Gasteiger partial charge in [0.1, 0.15) is 17.2 Å². The van der Waals surface area contributed by atoms with Crippen molar-refractivity contribution in [1.82, 2.24) is 25.1 Å². The van der Waals surface area contributed by atoms with Gasteiger partial charge >= 0.3 is 6.03 Å². The van der Waals surface area contributed by atoms with E-state index in [2.05, 4.69) is 30.8 Å². The van der Waals surface area contributed by atoms with Crippen molar-refractivity contribution in [1.29, 1.82) is 0 Å². The van der Waals surface area contributed by atoms with Crippen LogP contribution < -0.4 is 16.4 Å². The minimum absolute atomic E-state index is 0.0925. The van der Waals surface area contributed by atoms with Crippen LogP contribution in [0.15, 0.2) is 67.1 Å². The number of halogens is 1. The highest BCUT2D eigenvalue weighted by molar-refractivity contribution is 6.04. The predicted molar refractivity (Wildman–Crippen MR) is 137 cm³/mol. The molecule has 4 aromatic rings. The summed E-state index contributed by atoms with van der Waals surface area (Å²) in [7, 11) is 0. The molecule has 0 saturated carbocycles. The molecular formula is C26H25FN8O2. The summed E-state index contributed by atoms with van der Waals surface area (Å²) in [5.74, 6) is -0.190. The van der Waals surface area contributed by atoms with E-state index in [9.17, 15) is 14.0 Å². The number of piperidine rings is 1. The number of nitrogens with two attached hydrogens (primary N) is 1. The molecule has 188 valence electrons. The number of likely N-dealkylation sites (tertiary alicyclic amines) is 1. The largest absolute Gasteiger partial charge is 0.365 e. The van der Waals surface area contributed by atoms with E-state index < -0.39 is 5.91 Å². The Morgan fingerprint density at radius 2 is 1.97 bits per heavy atom. The van der Waals surface area contributed by atoms with Crippen LogP contribution in [0.4, 0.5) is 26.5 Å². The Hall–Kier alpha value is -4.80. The minimum atomic E-state index is -0.662. The Balaban J connectivity index is 1.27. The third-order valence-electron chi connectivity index (χ3n) is 6.28. The molecule has 2 aromatic heterocycles. The Morgan fingerprint density at radius 3 is 2.70 bits per heavy atom. The van der Waals surface area contributed by atoms with Gasteiger partial charge in [-0.15, -0.1) is 0 Å². The normalized spacial score (nSPS) is 15.3. The summed E-state index contributed by atoms with van der Waals surface area (Å²) < 4.78 is 13.7. The van der Waals surface area contributed by atoms with Crippen LogP contribution >= 0.6 is 0 Å². The number of anilines is 3. The van der Waals surface area contributed by atoms with Crippen molar-refractivity contribution in [2.75, 3.05) is 23.7 Å². The summed E-state index contributed by atoms with van der Waals surface area (Å²) in [4.78, 5) is 35.0. The third kappa shape index (κ3) is 5.40. The maximum absolute atomic E-state index is 13.7. The molecule has 5 rings (SSSR count). The van der Waals surface area contributed by atoms with Crippen LogP contribution in [0, 0.1) is 5.82 Å². The molecule has 2 aromatic carbocycles. The highest BCUT2D eigenvalue weighted by Gasteiger charge is 2.25. The van der Waals surface area contributed by atoms with Crippen LogP contribution in [-0.2, 0) is 0 Å². The van der Waals surface area contributed by atoms with E-state index in [4.69, 9.17) is 5.73 Å². The number of aromatic nitrogens is 4. The lowest BCUT2D eigenvalue weighted by atomic mass is 9.91. The lowest BCUT2D eigenvalue weighted by Crippen LogP contribution is -2.41. The number of urea groups is 1. The number of hydrogen-bond acceptors (Lipinski definition) is 6. The average molecular weight is 501 g/mol. The van der Waals surface area contributed by atoms with E-state index in [1.54, 1.807) is 35.2 Å². The van der Waals surface area contributed by atoms with Gasteiger partial charge in [-0.25, -0.2) is 14.2 Å². The molecule has 0 bridgehead atoms. The van der Waals surface area contributed by atoms with Crippen LogP contribution in [0.5, 0.6) is 0 Å². The summed E-state index contributed by atoms with van der Waals surface area (Å²) in [6.07, 6.45) is 6.29. The molecule has 37 heavy (non-hydrogen) atoms. The fourth-order valence-corrected chi connectivity index (χ4v) is 4.48. The fourth-order valence-electron chi connectivity index (χ4n) is 4.48. The molecule has 3 amide bonds. The van der Waals surface area contributed by atoms with E-state index in [1.807, 2.05) is 6.07 Å². The number of carbonyl (C=O) groups is 2. The zero-order valence-corrected chi connectivity index (χ0v) is 19.8. The van der Waals surface area contributed by atoms with Crippen molar-refractivity contribution in [2.24, 2.45) is 5.73 Å². The molecular weight excluding hydrogens is 475 g/mol. The minimum Gasteiger partial charge on any atom is -0.365 e. The molecule has 0 spiro atoms. The molecule has 0 radical (unpaired) electrons. The number of hydrogen-bond donors (Lipinski definition) is 4.